The van der Waals surface area contributed by atoms with Gasteiger partial charge in [-0.1, -0.05) is 19.9 Å². The van der Waals surface area contributed by atoms with Crippen LogP contribution in [0.1, 0.15) is 24.2 Å². The van der Waals surface area contributed by atoms with E-state index in [2.05, 4.69) is 24.5 Å². The van der Waals surface area contributed by atoms with Gasteiger partial charge in [0.25, 0.3) is 5.91 Å². The first kappa shape index (κ1) is 17.7. The van der Waals surface area contributed by atoms with Crippen molar-refractivity contribution in [2.24, 2.45) is 0 Å². The average molecular weight is 310 g/mol. The molecule has 0 aliphatic rings. The van der Waals surface area contributed by atoms with Crippen molar-refractivity contribution >= 4 is 14.2 Å². The van der Waals surface area contributed by atoms with E-state index in [1.165, 1.54) is 0 Å². The Hall–Kier alpha value is -1.37. The number of benzene rings is 1. The molecule has 118 valence electrons. The summed E-state index contributed by atoms with van der Waals surface area (Å²) in [6.45, 7) is 9.05. The molecule has 0 heterocycles. The van der Waals surface area contributed by atoms with Gasteiger partial charge in [-0.05, 0) is 31.3 Å². The second-order valence-electron chi connectivity index (χ2n) is 5.98. The van der Waals surface area contributed by atoms with Crippen LogP contribution in [0.25, 0.3) is 0 Å². The fourth-order valence-corrected chi connectivity index (χ4v) is 2.24. The van der Waals surface area contributed by atoms with Crippen molar-refractivity contribution in [2.45, 2.75) is 33.0 Å². The number of rotatable bonds is 8. The van der Waals surface area contributed by atoms with E-state index in [9.17, 15) is 9.59 Å². The molecule has 1 aromatic carbocycles. The normalized spacial score (nSPS) is 11.5. The van der Waals surface area contributed by atoms with Crippen LogP contribution in [0.5, 0.6) is 5.75 Å². The molecule has 0 unspecified atom stereocenters. The van der Waals surface area contributed by atoms with Crippen LogP contribution in [-0.2, 0) is 0 Å². The Morgan fingerprint density at radius 2 is 2.10 bits per heavy atom. The molecule has 3 N–H and O–H groups in total. The Kier molecular flexibility index (Phi) is 6.87. The predicted octanol–water partition coefficient (Wildman–Crippen LogP) is 1.53. The molecule has 0 aliphatic carbocycles. The summed E-state index contributed by atoms with van der Waals surface area (Å²) >= 11 is 0. The average Bonchev–Trinajstić information content (AvgIpc) is 2.40. The van der Waals surface area contributed by atoms with Crippen LogP contribution in [0.2, 0.25) is 13.1 Å². The number of ether oxygens (including phenoxy) is 1. The SMILES string of the molecule is CC(C)NCCOc1cccc(C(=O)NC[Si](C)(C)O)c1. The maximum absolute atomic E-state index is 12.0. The van der Waals surface area contributed by atoms with Crippen molar-refractivity contribution in [2.75, 3.05) is 19.3 Å². The smallest absolute Gasteiger partial charge is 0.251 e. The Morgan fingerprint density at radius 3 is 2.71 bits per heavy atom. The van der Waals surface area contributed by atoms with Crippen LogP contribution in [0.15, 0.2) is 24.3 Å². The first-order valence-corrected chi connectivity index (χ1v) is 10.4. The van der Waals surface area contributed by atoms with E-state index in [1.54, 1.807) is 31.3 Å². The monoisotopic (exact) mass is 310 g/mol. The summed E-state index contributed by atoms with van der Waals surface area (Å²) in [5.41, 5.74) is 0.544. The van der Waals surface area contributed by atoms with Gasteiger partial charge in [0.15, 0.2) is 0 Å². The number of nitrogens with one attached hydrogen (secondary N) is 2. The van der Waals surface area contributed by atoms with Crippen LogP contribution < -0.4 is 15.4 Å². The first-order chi connectivity index (χ1) is 9.78. The Labute approximate surface area is 127 Å². The van der Waals surface area contributed by atoms with Crippen LogP contribution in [0, 0.1) is 0 Å². The Balaban J connectivity index is 2.49. The van der Waals surface area contributed by atoms with E-state index in [1.807, 2.05) is 6.07 Å². The zero-order valence-electron chi connectivity index (χ0n) is 13.3. The molecule has 0 aliphatic heterocycles. The summed E-state index contributed by atoms with van der Waals surface area (Å²) in [7, 11) is -2.27. The topological polar surface area (TPSA) is 70.6 Å². The maximum atomic E-state index is 12.0. The minimum atomic E-state index is -2.27. The third-order valence-electron chi connectivity index (χ3n) is 2.70. The van der Waals surface area contributed by atoms with Crippen LogP contribution in [0.4, 0.5) is 0 Å². The van der Waals surface area contributed by atoms with E-state index in [-0.39, 0.29) is 5.91 Å². The molecule has 21 heavy (non-hydrogen) atoms. The molecular formula is C15H26N2O3Si. The first-order valence-electron chi connectivity index (χ1n) is 7.25. The summed E-state index contributed by atoms with van der Waals surface area (Å²) in [6, 6.07) is 7.51. The van der Waals surface area contributed by atoms with Crippen LogP contribution in [0.3, 0.4) is 0 Å². The molecule has 5 nitrogen and oxygen atoms in total. The molecule has 0 saturated heterocycles. The van der Waals surface area contributed by atoms with Crippen molar-refractivity contribution in [3.05, 3.63) is 29.8 Å². The fraction of sp³-hybridized carbons (Fsp3) is 0.533. The fourth-order valence-electron chi connectivity index (χ4n) is 1.64. The second kappa shape index (κ2) is 8.16. The van der Waals surface area contributed by atoms with Crippen molar-refractivity contribution < 1.29 is 14.3 Å². The van der Waals surface area contributed by atoms with Gasteiger partial charge < -0.3 is 20.2 Å². The van der Waals surface area contributed by atoms with Gasteiger partial charge in [-0.2, -0.15) is 0 Å². The highest BCUT2D eigenvalue weighted by Gasteiger charge is 2.18. The summed E-state index contributed by atoms with van der Waals surface area (Å²) < 4.78 is 5.61. The van der Waals surface area contributed by atoms with E-state index in [0.717, 1.165) is 6.54 Å². The molecule has 1 aromatic rings. The number of amides is 1. The van der Waals surface area contributed by atoms with Gasteiger partial charge in [-0.3, -0.25) is 4.79 Å². The van der Waals surface area contributed by atoms with Gasteiger partial charge in [0, 0.05) is 24.3 Å². The highest BCUT2D eigenvalue weighted by Crippen LogP contribution is 2.13. The quantitative estimate of drug-likeness (QED) is 0.503. The molecule has 0 atom stereocenters. The van der Waals surface area contributed by atoms with Gasteiger partial charge >= 0.3 is 0 Å². The lowest BCUT2D eigenvalue weighted by molar-refractivity contribution is 0.0957. The number of hydrogen-bond donors (Lipinski definition) is 3. The maximum Gasteiger partial charge on any atom is 0.251 e. The minimum absolute atomic E-state index is 0.185. The number of carbonyl (C=O) groups excluding carboxylic acids is 1. The van der Waals surface area contributed by atoms with Crippen molar-refractivity contribution in [1.29, 1.82) is 0 Å². The minimum Gasteiger partial charge on any atom is -0.492 e. The molecule has 6 heteroatoms. The predicted molar refractivity (Wildman–Crippen MR) is 87.1 cm³/mol. The van der Waals surface area contributed by atoms with E-state index < -0.39 is 8.32 Å². The molecule has 0 bridgehead atoms. The van der Waals surface area contributed by atoms with Crippen molar-refractivity contribution in [3.8, 4) is 5.75 Å². The molecule has 1 amide bonds. The van der Waals surface area contributed by atoms with E-state index >= 15 is 0 Å². The number of carbonyl (C=O) groups is 1. The summed E-state index contributed by atoms with van der Waals surface area (Å²) in [4.78, 5) is 21.7. The summed E-state index contributed by atoms with van der Waals surface area (Å²) in [5.74, 6) is 0.490. The molecule has 0 fully saturated rings. The van der Waals surface area contributed by atoms with Crippen molar-refractivity contribution in [1.82, 2.24) is 10.6 Å². The zero-order valence-corrected chi connectivity index (χ0v) is 14.3. The third-order valence-corrected chi connectivity index (χ3v) is 3.74. The summed E-state index contributed by atoms with van der Waals surface area (Å²) in [5, 5.41) is 6.02. The van der Waals surface area contributed by atoms with E-state index in [0.29, 0.717) is 30.1 Å². The van der Waals surface area contributed by atoms with Gasteiger partial charge in [0.2, 0.25) is 8.32 Å². The van der Waals surface area contributed by atoms with Gasteiger partial charge in [0.05, 0.1) is 0 Å². The standard InChI is InChI=1S/C15H26N2O3Si/c1-12(2)16-8-9-20-14-7-5-6-13(10-14)15(18)17-11-21(3,4)19/h5-7,10,12,16,19H,8-9,11H2,1-4H3,(H,17,18). The zero-order chi connectivity index (χ0) is 15.9. The Bertz CT molecular complexity index is 458. The lowest BCUT2D eigenvalue weighted by atomic mass is 10.2. The largest absolute Gasteiger partial charge is 0.492 e. The summed E-state index contributed by atoms with van der Waals surface area (Å²) in [6.07, 6.45) is 0.342. The molecule has 0 aromatic heterocycles. The lowest BCUT2D eigenvalue weighted by Gasteiger charge is -2.15. The highest BCUT2D eigenvalue weighted by atomic mass is 28.4. The van der Waals surface area contributed by atoms with Crippen LogP contribution in [-0.4, -0.2) is 44.4 Å². The molecule has 1 rings (SSSR count). The third kappa shape index (κ3) is 7.84. The van der Waals surface area contributed by atoms with Gasteiger partial charge in [-0.25, -0.2) is 0 Å². The van der Waals surface area contributed by atoms with Gasteiger partial charge in [-0.15, -0.1) is 0 Å². The van der Waals surface area contributed by atoms with Gasteiger partial charge in [0.1, 0.15) is 12.4 Å². The molecular weight excluding hydrogens is 284 g/mol. The Morgan fingerprint density at radius 1 is 1.38 bits per heavy atom. The molecule has 0 saturated carbocycles. The second-order valence-corrected chi connectivity index (χ2v) is 9.96. The van der Waals surface area contributed by atoms with Crippen molar-refractivity contribution in [3.63, 3.8) is 0 Å². The highest BCUT2D eigenvalue weighted by molar-refractivity contribution is 6.70. The lowest BCUT2D eigenvalue weighted by Crippen LogP contribution is -2.42. The number of hydrogen-bond acceptors (Lipinski definition) is 4. The molecule has 0 radical (unpaired) electrons. The molecule has 0 spiro atoms. The van der Waals surface area contributed by atoms with E-state index in [4.69, 9.17) is 4.74 Å². The van der Waals surface area contributed by atoms with Crippen LogP contribution >= 0.6 is 0 Å².